The van der Waals surface area contributed by atoms with E-state index in [1.165, 1.54) is 6.42 Å². The Labute approximate surface area is 82.8 Å². The van der Waals surface area contributed by atoms with Gasteiger partial charge in [0.1, 0.15) is 0 Å². The number of likely N-dealkylation sites (N-methyl/N-ethyl adjacent to an activating group) is 1. The van der Waals surface area contributed by atoms with Crippen molar-refractivity contribution in [3.63, 3.8) is 0 Å². The van der Waals surface area contributed by atoms with Gasteiger partial charge in [-0.15, -0.1) is 6.58 Å². The first-order valence-corrected chi connectivity index (χ1v) is 5.33. The summed E-state index contributed by atoms with van der Waals surface area (Å²) >= 11 is 0. The fraction of sp³-hybridized carbons (Fsp3) is 0.818. The zero-order valence-corrected chi connectivity index (χ0v) is 9.13. The summed E-state index contributed by atoms with van der Waals surface area (Å²) in [5, 5.41) is 0. The first-order chi connectivity index (χ1) is 6.24. The van der Waals surface area contributed by atoms with Gasteiger partial charge >= 0.3 is 0 Å². The van der Waals surface area contributed by atoms with Crippen LogP contribution in [0.4, 0.5) is 0 Å². The van der Waals surface area contributed by atoms with Crippen molar-refractivity contribution in [1.29, 1.82) is 0 Å². The number of hydrogen-bond donors (Lipinski definition) is 1. The Balaban J connectivity index is 3.51. The van der Waals surface area contributed by atoms with Gasteiger partial charge in [0.25, 0.3) is 0 Å². The number of nitrogens with zero attached hydrogens (tertiary/aromatic N) is 1. The van der Waals surface area contributed by atoms with E-state index in [2.05, 4.69) is 25.3 Å². The number of nitrogens with two attached hydrogens (primary N) is 1. The highest BCUT2D eigenvalue weighted by molar-refractivity contribution is 4.74. The van der Waals surface area contributed by atoms with Crippen LogP contribution in [0.5, 0.6) is 0 Å². The van der Waals surface area contributed by atoms with E-state index in [0.717, 1.165) is 32.5 Å². The molecule has 2 heteroatoms. The molecule has 0 aliphatic carbocycles. The normalized spacial score (nSPS) is 13.2. The highest BCUT2D eigenvalue weighted by Gasteiger charge is 2.04. The first-order valence-electron chi connectivity index (χ1n) is 5.33. The third kappa shape index (κ3) is 6.79. The van der Waals surface area contributed by atoms with Crippen molar-refractivity contribution < 1.29 is 0 Å². The third-order valence-corrected chi connectivity index (χ3v) is 2.31. The minimum Gasteiger partial charge on any atom is -0.328 e. The Morgan fingerprint density at radius 3 is 2.54 bits per heavy atom. The molecule has 78 valence electrons. The molecule has 0 aliphatic rings. The Kier molecular flexibility index (Phi) is 8.05. The maximum atomic E-state index is 5.93. The molecule has 2 N–H and O–H groups in total. The minimum absolute atomic E-state index is 0.379. The topological polar surface area (TPSA) is 29.3 Å². The van der Waals surface area contributed by atoms with Crippen molar-refractivity contribution >= 4 is 0 Å². The summed E-state index contributed by atoms with van der Waals surface area (Å²) in [5.41, 5.74) is 5.93. The molecule has 0 rings (SSSR count). The zero-order chi connectivity index (χ0) is 10.1. The second-order valence-electron chi connectivity index (χ2n) is 3.52. The summed E-state index contributed by atoms with van der Waals surface area (Å²) in [4.78, 5) is 2.36. The third-order valence-electron chi connectivity index (χ3n) is 2.31. The smallest absolute Gasteiger partial charge is 0.0160 e. The molecule has 0 radical (unpaired) electrons. The van der Waals surface area contributed by atoms with Gasteiger partial charge in [-0.25, -0.2) is 0 Å². The van der Waals surface area contributed by atoms with E-state index in [9.17, 15) is 0 Å². The van der Waals surface area contributed by atoms with Crippen LogP contribution in [0.25, 0.3) is 0 Å². The lowest BCUT2D eigenvalue weighted by atomic mass is 10.1. The average Bonchev–Trinajstić information content (AvgIpc) is 2.12. The molecule has 0 saturated carbocycles. The quantitative estimate of drug-likeness (QED) is 0.585. The Morgan fingerprint density at radius 2 is 2.08 bits per heavy atom. The molecule has 1 unspecified atom stereocenters. The molecule has 2 nitrogen and oxygen atoms in total. The molecule has 0 aromatic heterocycles. The highest BCUT2D eigenvalue weighted by atomic mass is 15.1. The molecule has 0 spiro atoms. The van der Waals surface area contributed by atoms with Crippen molar-refractivity contribution in [3.8, 4) is 0 Å². The lowest BCUT2D eigenvalue weighted by Crippen LogP contribution is -2.30. The van der Waals surface area contributed by atoms with Gasteiger partial charge in [-0.05, 0) is 25.9 Å². The van der Waals surface area contributed by atoms with Gasteiger partial charge in [0.2, 0.25) is 0 Å². The van der Waals surface area contributed by atoms with Gasteiger partial charge in [0.05, 0.1) is 0 Å². The molecule has 0 saturated heterocycles. The van der Waals surface area contributed by atoms with E-state index in [1.807, 2.05) is 6.08 Å². The minimum atomic E-state index is 0.379. The van der Waals surface area contributed by atoms with Crippen molar-refractivity contribution in [2.24, 2.45) is 5.73 Å². The van der Waals surface area contributed by atoms with Crippen LogP contribution in [-0.4, -0.2) is 30.6 Å². The highest BCUT2D eigenvalue weighted by Crippen LogP contribution is 2.00. The second-order valence-corrected chi connectivity index (χ2v) is 3.52. The monoisotopic (exact) mass is 184 g/mol. The fourth-order valence-corrected chi connectivity index (χ4v) is 1.42. The first kappa shape index (κ1) is 12.7. The average molecular weight is 184 g/mol. The van der Waals surface area contributed by atoms with Crippen molar-refractivity contribution in [2.75, 3.05) is 19.6 Å². The lowest BCUT2D eigenvalue weighted by Gasteiger charge is -2.20. The number of rotatable bonds is 8. The zero-order valence-electron chi connectivity index (χ0n) is 9.13. The molecule has 0 bridgehead atoms. The van der Waals surface area contributed by atoms with Crippen LogP contribution in [-0.2, 0) is 0 Å². The van der Waals surface area contributed by atoms with Crippen LogP contribution in [0.15, 0.2) is 12.7 Å². The van der Waals surface area contributed by atoms with Gasteiger partial charge in [0, 0.05) is 12.6 Å². The van der Waals surface area contributed by atoms with Gasteiger partial charge in [0.15, 0.2) is 0 Å². The summed E-state index contributed by atoms with van der Waals surface area (Å²) < 4.78 is 0. The molecule has 0 aromatic rings. The summed E-state index contributed by atoms with van der Waals surface area (Å²) in [6.45, 7) is 11.3. The van der Waals surface area contributed by atoms with Gasteiger partial charge in [-0.1, -0.05) is 26.3 Å². The molecule has 0 aromatic carbocycles. The van der Waals surface area contributed by atoms with Crippen LogP contribution in [0, 0.1) is 0 Å². The van der Waals surface area contributed by atoms with Crippen molar-refractivity contribution in [2.45, 2.75) is 39.2 Å². The molecular formula is C11H24N2. The standard InChI is InChI=1S/C11H24N2/c1-4-7-11(12)8-10-13(6-3)9-5-2/h5,11H,2,4,6-10,12H2,1,3H3. The van der Waals surface area contributed by atoms with E-state index in [-0.39, 0.29) is 0 Å². The van der Waals surface area contributed by atoms with E-state index in [4.69, 9.17) is 5.73 Å². The van der Waals surface area contributed by atoms with E-state index in [1.54, 1.807) is 0 Å². The molecule has 1 atom stereocenters. The van der Waals surface area contributed by atoms with Crippen molar-refractivity contribution in [3.05, 3.63) is 12.7 Å². The van der Waals surface area contributed by atoms with E-state index < -0.39 is 0 Å². The predicted molar refractivity (Wildman–Crippen MR) is 59.8 cm³/mol. The maximum absolute atomic E-state index is 5.93. The summed E-state index contributed by atoms with van der Waals surface area (Å²) in [7, 11) is 0. The molecule has 0 amide bonds. The Bertz CT molecular complexity index is 123. The molecule has 0 heterocycles. The molecule has 13 heavy (non-hydrogen) atoms. The summed E-state index contributed by atoms with van der Waals surface area (Å²) in [5.74, 6) is 0. The fourth-order valence-electron chi connectivity index (χ4n) is 1.42. The second kappa shape index (κ2) is 8.27. The van der Waals surface area contributed by atoms with E-state index in [0.29, 0.717) is 6.04 Å². The van der Waals surface area contributed by atoms with Crippen molar-refractivity contribution in [1.82, 2.24) is 4.90 Å². The van der Waals surface area contributed by atoms with Crippen LogP contribution < -0.4 is 5.73 Å². The molecule has 0 fully saturated rings. The maximum Gasteiger partial charge on any atom is 0.0160 e. The van der Waals surface area contributed by atoms with Crippen LogP contribution in [0.1, 0.15) is 33.1 Å². The molecular weight excluding hydrogens is 160 g/mol. The SMILES string of the molecule is C=CCN(CC)CCC(N)CCC. The summed E-state index contributed by atoms with van der Waals surface area (Å²) in [6, 6.07) is 0.379. The van der Waals surface area contributed by atoms with Gasteiger partial charge in [-0.3, -0.25) is 4.90 Å². The van der Waals surface area contributed by atoms with Gasteiger partial charge in [-0.2, -0.15) is 0 Å². The lowest BCUT2D eigenvalue weighted by molar-refractivity contribution is 0.301. The largest absolute Gasteiger partial charge is 0.328 e. The van der Waals surface area contributed by atoms with E-state index >= 15 is 0 Å². The van der Waals surface area contributed by atoms with Crippen LogP contribution in [0.3, 0.4) is 0 Å². The number of hydrogen-bond acceptors (Lipinski definition) is 2. The van der Waals surface area contributed by atoms with Gasteiger partial charge < -0.3 is 5.73 Å². The van der Waals surface area contributed by atoms with Crippen LogP contribution >= 0.6 is 0 Å². The Hall–Kier alpha value is -0.340. The Morgan fingerprint density at radius 1 is 1.38 bits per heavy atom. The van der Waals surface area contributed by atoms with Crippen LogP contribution in [0.2, 0.25) is 0 Å². The molecule has 0 aliphatic heterocycles. The summed E-state index contributed by atoms with van der Waals surface area (Å²) in [6.07, 6.45) is 5.39. The predicted octanol–water partition coefficient (Wildman–Crippen LogP) is 2.01.